The van der Waals surface area contributed by atoms with E-state index in [2.05, 4.69) is 10.3 Å². The summed E-state index contributed by atoms with van der Waals surface area (Å²) >= 11 is 0.945. The molecule has 5 nitrogen and oxygen atoms in total. The van der Waals surface area contributed by atoms with Crippen LogP contribution in [0.3, 0.4) is 0 Å². The minimum Gasteiger partial charge on any atom is -0.481 e. The smallest absolute Gasteiger partial charge is 0.313 e. The lowest BCUT2D eigenvalue weighted by atomic mass is 10.4. The minimum absolute atomic E-state index is 0.0337. The van der Waals surface area contributed by atoms with Gasteiger partial charge in [0.05, 0.1) is 23.4 Å². The Morgan fingerprint density at radius 1 is 1.50 bits per heavy atom. The lowest BCUT2D eigenvalue weighted by Gasteiger charge is -2.04. The van der Waals surface area contributed by atoms with Crippen molar-refractivity contribution in [1.29, 1.82) is 0 Å². The number of pyridine rings is 1. The van der Waals surface area contributed by atoms with Crippen molar-refractivity contribution in [2.75, 3.05) is 16.8 Å². The Kier molecular flexibility index (Phi) is 4.71. The number of aliphatic carboxylic acids is 1. The maximum atomic E-state index is 13.0. The van der Waals surface area contributed by atoms with Crippen LogP contribution < -0.4 is 5.32 Å². The van der Waals surface area contributed by atoms with Crippen molar-refractivity contribution in [1.82, 2.24) is 4.98 Å². The van der Waals surface area contributed by atoms with Gasteiger partial charge in [0, 0.05) is 6.20 Å². The number of aromatic nitrogens is 1. The molecule has 1 heterocycles. The molecule has 0 aliphatic heterocycles. The fraction of sp³-hybridized carbons (Fsp3) is 0.222. The van der Waals surface area contributed by atoms with E-state index < -0.39 is 17.7 Å². The number of hydrogen-bond donors (Lipinski definition) is 2. The van der Waals surface area contributed by atoms with E-state index in [1.165, 1.54) is 12.3 Å². The zero-order valence-corrected chi connectivity index (χ0v) is 8.96. The Labute approximate surface area is 95.1 Å². The molecule has 16 heavy (non-hydrogen) atoms. The van der Waals surface area contributed by atoms with Crippen molar-refractivity contribution >= 4 is 29.3 Å². The Bertz CT molecular complexity index is 400. The number of anilines is 1. The molecular weight excluding hydrogens is 235 g/mol. The number of rotatable bonds is 5. The zero-order valence-electron chi connectivity index (χ0n) is 8.14. The SMILES string of the molecule is O=C(O)CSCC(=O)Nc1ccncc1F. The predicted octanol–water partition coefficient (Wildman–Crippen LogP) is 0.977. The van der Waals surface area contributed by atoms with Crippen LogP contribution in [0.25, 0.3) is 0 Å². The van der Waals surface area contributed by atoms with E-state index in [0.717, 1.165) is 18.0 Å². The summed E-state index contributed by atoms with van der Waals surface area (Å²) in [6, 6.07) is 1.33. The monoisotopic (exact) mass is 244 g/mol. The minimum atomic E-state index is -0.993. The van der Waals surface area contributed by atoms with Gasteiger partial charge >= 0.3 is 5.97 Å². The highest BCUT2D eigenvalue weighted by molar-refractivity contribution is 8.00. The van der Waals surface area contributed by atoms with E-state index in [1.54, 1.807) is 0 Å². The third kappa shape index (κ3) is 4.26. The van der Waals surface area contributed by atoms with Gasteiger partial charge in [-0.25, -0.2) is 4.39 Å². The standard InChI is InChI=1S/C9H9FN2O3S/c10-6-3-11-2-1-7(6)12-8(13)4-16-5-9(14)15/h1-3H,4-5H2,(H,14,15)(H,11,12,13). The molecule has 0 saturated heterocycles. The van der Waals surface area contributed by atoms with E-state index in [0.29, 0.717) is 0 Å². The van der Waals surface area contributed by atoms with Crippen LogP contribution in [0.4, 0.5) is 10.1 Å². The fourth-order valence-electron chi connectivity index (χ4n) is 0.894. The summed E-state index contributed by atoms with van der Waals surface area (Å²) in [6.45, 7) is 0. The van der Waals surface area contributed by atoms with Crippen molar-refractivity contribution in [3.63, 3.8) is 0 Å². The summed E-state index contributed by atoms with van der Waals surface area (Å²) in [5, 5.41) is 10.7. The summed E-state index contributed by atoms with van der Waals surface area (Å²) in [5.41, 5.74) is 0.0379. The number of hydrogen-bond acceptors (Lipinski definition) is 4. The fourth-order valence-corrected chi connectivity index (χ4v) is 1.43. The Morgan fingerprint density at radius 3 is 2.88 bits per heavy atom. The van der Waals surface area contributed by atoms with Gasteiger partial charge in [-0.05, 0) is 6.07 Å². The summed E-state index contributed by atoms with van der Waals surface area (Å²) in [5.74, 6) is -2.26. The van der Waals surface area contributed by atoms with Gasteiger partial charge in [0.15, 0.2) is 5.82 Å². The number of nitrogens with zero attached hydrogens (tertiary/aromatic N) is 1. The van der Waals surface area contributed by atoms with Crippen molar-refractivity contribution in [2.45, 2.75) is 0 Å². The molecule has 0 aliphatic carbocycles. The van der Waals surface area contributed by atoms with Crippen LogP contribution in [-0.4, -0.2) is 33.5 Å². The average Bonchev–Trinajstić information content (AvgIpc) is 2.21. The molecule has 2 N–H and O–H groups in total. The summed E-state index contributed by atoms with van der Waals surface area (Å²) in [7, 11) is 0. The molecule has 1 rings (SSSR count). The first-order chi connectivity index (χ1) is 7.59. The van der Waals surface area contributed by atoms with Gasteiger partial charge in [0.2, 0.25) is 5.91 Å². The zero-order chi connectivity index (χ0) is 12.0. The predicted molar refractivity (Wildman–Crippen MR) is 57.8 cm³/mol. The molecule has 7 heteroatoms. The van der Waals surface area contributed by atoms with E-state index in [4.69, 9.17) is 5.11 Å². The highest BCUT2D eigenvalue weighted by atomic mass is 32.2. The molecule has 0 bridgehead atoms. The Balaban J connectivity index is 2.40. The second-order valence-corrected chi connectivity index (χ2v) is 3.78. The molecule has 1 amide bonds. The molecule has 0 aromatic carbocycles. The number of halogens is 1. The van der Waals surface area contributed by atoms with Gasteiger partial charge in [-0.3, -0.25) is 14.6 Å². The van der Waals surface area contributed by atoms with Crippen LogP contribution >= 0.6 is 11.8 Å². The lowest BCUT2D eigenvalue weighted by molar-refractivity contribution is -0.133. The molecule has 1 aromatic rings. The number of carbonyl (C=O) groups is 2. The molecule has 0 aliphatic rings. The van der Waals surface area contributed by atoms with Gasteiger partial charge in [0.25, 0.3) is 0 Å². The van der Waals surface area contributed by atoms with Gasteiger partial charge in [0.1, 0.15) is 0 Å². The third-order valence-corrected chi connectivity index (χ3v) is 2.42. The van der Waals surface area contributed by atoms with E-state index in [9.17, 15) is 14.0 Å². The summed E-state index contributed by atoms with van der Waals surface area (Å²) in [4.78, 5) is 24.9. The van der Waals surface area contributed by atoms with Crippen LogP contribution in [0.2, 0.25) is 0 Å². The maximum Gasteiger partial charge on any atom is 0.313 e. The van der Waals surface area contributed by atoms with Crippen molar-refractivity contribution in [2.24, 2.45) is 0 Å². The molecule has 0 saturated carbocycles. The number of thioether (sulfide) groups is 1. The highest BCUT2D eigenvalue weighted by Crippen LogP contribution is 2.11. The number of nitrogens with one attached hydrogen (secondary N) is 1. The van der Waals surface area contributed by atoms with Gasteiger partial charge in [-0.15, -0.1) is 11.8 Å². The van der Waals surface area contributed by atoms with E-state index >= 15 is 0 Å². The van der Waals surface area contributed by atoms with Crippen molar-refractivity contribution in [3.8, 4) is 0 Å². The number of carboxylic acid groups (broad SMARTS) is 1. The second kappa shape index (κ2) is 6.06. The Hall–Kier alpha value is -1.63. The molecular formula is C9H9FN2O3S. The van der Waals surface area contributed by atoms with Crippen LogP contribution in [0.1, 0.15) is 0 Å². The lowest BCUT2D eigenvalue weighted by Crippen LogP contribution is -2.16. The Morgan fingerprint density at radius 2 is 2.25 bits per heavy atom. The highest BCUT2D eigenvalue weighted by Gasteiger charge is 2.07. The van der Waals surface area contributed by atoms with Crippen LogP contribution in [0.5, 0.6) is 0 Å². The normalized spacial score (nSPS) is 9.81. The first-order valence-electron chi connectivity index (χ1n) is 4.28. The van der Waals surface area contributed by atoms with Crippen molar-refractivity contribution in [3.05, 3.63) is 24.3 Å². The van der Waals surface area contributed by atoms with Crippen LogP contribution in [-0.2, 0) is 9.59 Å². The van der Waals surface area contributed by atoms with Crippen LogP contribution in [0.15, 0.2) is 18.5 Å². The van der Waals surface area contributed by atoms with Gasteiger partial charge in [-0.2, -0.15) is 0 Å². The molecule has 0 atom stereocenters. The first-order valence-corrected chi connectivity index (χ1v) is 5.44. The summed E-state index contributed by atoms with van der Waals surface area (Å²) < 4.78 is 13.0. The quantitative estimate of drug-likeness (QED) is 0.807. The molecule has 0 spiro atoms. The average molecular weight is 244 g/mol. The largest absolute Gasteiger partial charge is 0.481 e. The van der Waals surface area contributed by atoms with Gasteiger partial charge < -0.3 is 10.4 Å². The van der Waals surface area contributed by atoms with E-state index in [1.807, 2.05) is 0 Å². The molecule has 0 radical (unpaired) electrons. The topological polar surface area (TPSA) is 79.3 Å². The number of amides is 1. The first kappa shape index (κ1) is 12.4. The molecule has 0 unspecified atom stereocenters. The van der Waals surface area contributed by atoms with Gasteiger partial charge in [-0.1, -0.05) is 0 Å². The molecule has 86 valence electrons. The van der Waals surface area contributed by atoms with Crippen LogP contribution in [0, 0.1) is 5.82 Å². The number of carbonyl (C=O) groups excluding carboxylic acids is 1. The van der Waals surface area contributed by atoms with E-state index in [-0.39, 0.29) is 17.2 Å². The molecule has 1 aromatic heterocycles. The summed E-state index contributed by atoms with van der Waals surface area (Å²) in [6.07, 6.45) is 2.34. The third-order valence-electron chi connectivity index (χ3n) is 1.51. The second-order valence-electron chi connectivity index (χ2n) is 2.79. The van der Waals surface area contributed by atoms with Crippen molar-refractivity contribution < 1.29 is 19.1 Å². The number of carboxylic acids is 1. The maximum absolute atomic E-state index is 13.0. The molecule has 0 fully saturated rings.